The molecule has 0 aromatic carbocycles. The van der Waals surface area contributed by atoms with Gasteiger partial charge in [0.1, 0.15) is 5.76 Å². The minimum atomic E-state index is 0. The third-order valence-corrected chi connectivity index (χ3v) is 5.34. The van der Waals surface area contributed by atoms with Crippen LogP contribution >= 0.6 is 24.0 Å². The second-order valence-corrected chi connectivity index (χ2v) is 7.48. The maximum absolute atomic E-state index is 5.73. The quantitative estimate of drug-likeness (QED) is 0.214. The van der Waals surface area contributed by atoms with Crippen molar-refractivity contribution in [3.63, 3.8) is 0 Å². The van der Waals surface area contributed by atoms with Crippen molar-refractivity contribution in [2.24, 2.45) is 4.99 Å². The van der Waals surface area contributed by atoms with Gasteiger partial charge in [0.15, 0.2) is 5.96 Å². The SMILES string of the molecule is CCNC(=NCC(c1ccco1)N1CCCCC1)NCCOCC1CCCO1.I. The molecule has 29 heavy (non-hydrogen) atoms. The number of aliphatic imine (C=N–C) groups is 1. The van der Waals surface area contributed by atoms with Crippen LogP contribution in [0.25, 0.3) is 0 Å². The van der Waals surface area contributed by atoms with Crippen LogP contribution in [0.2, 0.25) is 0 Å². The first-order valence-electron chi connectivity index (χ1n) is 10.9. The predicted octanol–water partition coefficient (Wildman–Crippen LogP) is 3.18. The molecule has 1 aromatic rings. The zero-order valence-corrected chi connectivity index (χ0v) is 19.9. The number of likely N-dealkylation sites (tertiary alicyclic amines) is 1. The number of guanidine groups is 1. The summed E-state index contributed by atoms with van der Waals surface area (Å²) in [5, 5.41) is 6.70. The monoisotopic (exact) mass is 520 g/mol. The predicted molar refractivity (Wildman–Crippen MR) is 126 cm³/mol. The van der Waals surface area contributed by atoms with Gasteiger partial charge >= 0.3 is 0 Å². The number of rotatable bonds is 10. The molecular weight excluding hydrogens is 483 g/mol. The maximum Gasteiger partial charge on any atom is 0.191 e. The van der Waals surface area contributed by atoms with E-state index in [4.69, 9.17) is 18.9 Å². The Morgan fingerprint density at radius 3 is 2.83 bits per heavy atom. The van der Waals surface area contributed by atoms with E-state index in [1.54, 1.807) is 6.26 Å². The molecule has 2 unspecified atom stereocenters. The fourth-order valence-electron chi connectivity index (χ4n) is 3.85. The molecule has 2 saturated heterocycles. The van der Waals surface area contributed by atoms with E-state index in [0.717, 1.165) is 57.3 Å². The summed E-state index contributed by atoms with van der Waals surface area (Å²) in [6.45, 7) is 8.76. The molecule has 1 aromatic heterocycles. The summed E-state index contributed by atoms with van der Waals surface area (Å²) in [6.07, 6.45) is 8.12. The Kier molecular flexibility index (Phi) is 12.0. The van der Waals surface area contributed by atoms with Gasteiger partial charge in [0.05, 0.1) is 38.2 Å². The lowest BCUT2D eigenvalue weighted by Crippen LogP contribution is -2.40. The number of nitrogens with zero attached hydrogens (tertiary/aromatic N) is 2. The van der Waals surface area contributed by atoms with Crippen LogP contribution in [-0.4, -0.2) is 69.5 Å². The van der Waals surface area contributed by atoms with E-state index in [2.05, 4.69) is 28.5 Å². The molecule has 0 radical (unpaired) electrons. The van der Waals surface area contributed by atoms with E-state index in [1.165, 1.54) is 19.3 Å². The third-order valence-electron chi connectivity index (χ3n) is 5.34. The fraction of sp³-hybridized carbons (Fsp3) is 0.762. The molecule has 0 amide bonds. The van der Waals surface area contributed by atoms with Gasteiger partial charge in [-0.05, 0) is 57.8 Å². The lowest BCUT2D eigenvalue weighted by Gasteiger charge is -2.32. The van der Waals surface area contributed by atoms with Crippen molar-refractivity contribution in [3.8, 4) is 0 Å². The van der Waals surface area contributed by atoms with E-state index in [-0.39, 0.29) is 36.1 Å². The Labute approximate surface area is 192 Å². The van der Waals surface area contributed by atoms with Gasteiger partial charge in [-0.3, -0.25) is 9.89 Å². The average Bonchev–Trinajstić information content (AvgIpc) is 3.43. The molecule has 2 aliphatic rings. The van der Waals surface area contributed by atoms with Crippen LogP contribution in [-0.2, 0) is 9.47 Å². The smallest absolute Gasteiger partial charge is 0.191 e. The Morgan fingerprint density at radius 1 is 1.28 bits per heavy atom. The summed E-state index contributed by atoms with van der Waals surface area (Å²) in [5.74, 6) is 1.83. The highest BCUT2D eigenvalue weighted by molar-refractivity contribution is 14.0. The zero-order valence-electron chi connectivity index (χ0n) is 17.6. The molecule has 2 N–H and O–H groups in total. The second-order valence-electron chi connectivity index (χ2n) is 7.48. The largest absolute Gasteiger partial charge is 0.468 e. The van der Waals surface area contributed by atoms with Gasteiger partial charge in [-0.1, -0.05) is 6.42 Å². The molecule has 0 aliphatic carbocycles. The molecule has 0 bridgehead atoms. The van der Waals surface area contributed by atoms with Crippen LogP contribution in [0, 0.1) is 0 Å². The highest BCUT2D eigenvalue weighted by Gasteiger charge is 2.24. The molecule has 0 saturated carbocycles. The maximum atomic E-state index is 5.73. The van der Waals surface area contributed by atoms with Crippen LogP contribution in [0.1, 0.15) is 50.8 Å². The Balaban J connectivity index is 0.00000300. The van der Waals surface area contributed by atoms with Gasteiger partial charge < -0.3 is 24.5 Å². The minimum absolute atomic E-state index is 0. The Hall–Kier alpha value is -0.840. The first kappa shape index (κ1) is 24.4. The third kappa shape index (κ3) is 8.43. The Morgan fingerprint density at radius 2 is 2.14 bits per heavy atom. The van der Waals surface area contributed by atoms with Crippen LogP contribution in [0.5, 0.6) is 0 Å². The molecule has 2 aliphatic heterocycles. The summed E-state index contributed by atoms with van der Waals surface area (Å²) in [5.41, 5.74) is 0. The molecule has 3 rings (SSSR count). The van der Waals surface area contributed by atoms with Gasteiger partial charge in [0.25, 0.3) is 0 Å². The molecule has 2 atom stereocenters. The summed E-state index contributed by atoms with van der Waals surface area (Å²) in [4.78, 5) is 7.33. The van der Waals surface area contributed by atoms with Crippen LogP contribution in [0.4, 0.5) is 0 Å². The van der Waals surface area contributed by atoms with Gasteiger partial charge in [-0.25, -0.2) is 0 Å². The number of ether oxygens (including phenoxy) is 2. The highest BCUT2D eigenvalue weighted by Crippen LogP contribution is 2.25. The minimum Gasteiger partial charge on any atom is -0.468 e. The van der Waals surface area contributed by atoms with Crippen molar-refractivity contribution in [2.45, 2.75) is 51.2 Å². The summed E-state index contributed by atoms with van der Waals surface area (Å²) in [6, 6.07) is 4.22. The molecule has 7 nitrogen and oxygen atoms in total. The van der Waals surface area contributed by atoms with Gasteiger partial charge in [-0.15, -0.1) is 24.0 Å². The van der Waals surface area contributed by atoms with Crippen molar-refractivity contribution < 1.29 is 13.9 Å². The first-order valence-corrected chi connectivity index (χ1v) is 10.9. The van der Waals surface area contributed by atoms with Crippen molar-refractivity contribution >= 4 is 29.9 Å². The summed E-state index contributed by atoms with van der Waals surface area (Å²) < 4.78 is 17.0. The molecule has 3 heterocycles. The van der Waals surface area contributed by atoms with Gasteiger partial charge in [0, 0.05) is 19.7 Å². The van der Waals surface area contributed by atoms with Crippen molar-refractivity contribution in [2.75, 3.05) is 52.5 Å². The van der Waals surface area contributed by atoms with E-state index < -0.39 is 0 Å². The standard InChI is InChI=1S/C21H36N4O3.HI/c1-2-22-21(23-10-15-26-17-18-8-6-13-27-18)24-16-19(20-9-7-14-28-20)25-11-4-3-5-12-25;/h7,9,14,18-19H,2-6,8,10-13,15-17H2,1H3,(H2,22,23,24);1H. The van der Waals surface area contributed by atoms with Gasteiger partial charge in [0.2, 0.25) is 0 Å². The summed E-state index contributed by atoms with van der Waals surface area (Å²) in [7, 11) is 0. The first-order chi connectivity index (χ1) is 13.9. The van der Waals surface area contributed by atoms with Crippen molar-refractivity contribution in [1.29, 1.82) is 0 Å². The Bertz CT molecular complexity index is 558. The summed E-state index contributed by atoms with van der Waals surface area (Å²) >= 11 is 0. The molecule has 2 fully saturated rings. The molecular formula is C21H37IN4O3. The van der Waals surface area contributed by atoms with Crippen molar-refractivity contribution in [3.05, 3.63) is 24.2 Å². The van der Waals surface area contributed by atoms with Crippen LogP contribution in [0.3, 0.4) is 0 Å². The van der Waals surface area contributed by atoms with Gasteiger partial charge in [-0.2, -0.15) is 0 Å². The van der Waals surface area contributed by atoms with E-state index in [1.807, 2.05) is 6.07 Å². The second kappa shape index (κ2) is 14.2. The molecule has 0 spiro atoms. The average molecular weight is 520 g/mol. The number of piperidine rings is 1. The number of nitrogens with one attached hydrogen (secondary N) is 2. The molecule has 8 heteroatoms. The van der Waals surface area contributed by atoms with Crippen LogP contribution in [0.15, 0.2) is 27.8 Å². The normalized spacial score (nSPS) is 21.6. The number of hydrogen-bond acceptors (Lipinski definition) is 5. The van der Waals surface area contributed by atoms with E-state index in [9.17, 15) is 0 Å². The molecule has 166 valence electrons. The zero-order chi connectivity index (χ0) is 19.4. The number of furan rings is 1. The number of halogens is 1. The highest BCUT2D eigenvalue weighted by atomic mass is 127. The lowest BCUT2D eigenvalue weighted by atomic mass is 10.1. The van der Waals surface area contributed by atoms with Crippen LogP contribution < -0.4 is 10.6 Å². The topological polar surface area (TPSA) is 71.3 Å². The fourth-order valence-corrected chi connectivity index (χ4v) is 3.85. The lowest BCUT2D eigenvalue weighted by molar-refractivity contribution is 0.0191. The van der Waals surface area contributed by atoms with E-state index >= 15 is 0 Å². The number of hydrogen-bond donors (Lipinski definition) is 2. The van der Waals surface area contributed by atoms with E-state index in [0.29, 0.717) is 19.8 Å². The van der Waals surface area contributed by atoms with Crippen molar-refractivity contribution in [1.82, 2.24) is 15.5 Å².